The van der Waals surface area contributed by atoms with Gasteiger partial charge >= 0.3 is 17.1 Å². The monoisotopic (exact) mass is 228 g/mol. The van der Waals surface area contributed by atoms with E-state index in [-0.39, 0.29) is 29.5 Å². The number of hydrogen-bond donors (Lipinski definition) is 0. The van der Waals surface area contributed by atoms with Gasteiger partial charge in [0.1, 0.15) is 0 Å². The molecule has 74 valence electrons. The number of quaternary nitrogens is 1. The van der Waals surface area contributed by atoms with E-state index in [1.54, 1.807) is 0 Å². The van der Waals surface area contributed by atoms with E-state index >= 15 is 0 Å². The molecule has 0 rings (SSSR count). The van der Waals surface area contributed by atoms with Crippen molar-refractivity contribution in [2.24, 2.45) is 0 Å². The third-order valence-electron chi connectivity index (χ3n) is 2.68. The van der Waals surface area contributed by atoms with E-state index in [2.05, 4.69) is 27.7 Å². The minimum atomic E-state index is 0. The average molecular weight is 229 g/mol. The minimum absolute atomic E-state index is 0. The molecule has 0 heterocycles. The van der Waals surface area contributed by atoms with Crippen molar-refractivity contribution in [3.8, 4) is 0 Å². The summed E-state index contributed by atoms with van der Waals surface area (Å²) in [7, 11) is 0. The molecule has 0 saturated heterocycles. The Kier molecular flexibility index (Phi) is 14.3. The first-order chi connectivity index (χ1) is 4.24. The molecule has 0 aromatic rings. The van der Waals surface area contributed by atoms with Gasteiger partial charge in [-0.25, -0.2) is 0 Å². The van der Waals surface area contributed by atoms with Crippen LogP contribution in [0.15, 0.2) is 0 Å². The Hall–Kier alpha value is 0.769. The molecule has 0 amide bonds. The Morgan fingerprint density at radius 2 is 0.909 bits per heavy atom. The van der Waals surface area contributed by atoms with Crippen LogP contribution >= 0.6 is 0 Å². The van der Waals surface area contributed by atoms with Crippen LogP contribution in [0.3, 0.4) is 0 Å². The molecule has 0 aliphatic carbocycles. The van der Waals surface area contributed by atoms with Crippen molar-refractivity contribution < 1.29 is 34.0 Å². The number of hydrogen-bond acceptors (Lipinski definition) is 0. The Morgan fingerprint density at radius 3 is 0.909 bits per heavy atom. The zero-order valence-electron chi connectivity index (χ0n) is 7.96. The second-order valence-corrected chi connectivity index (χ2v) is 2.61. The summed E-state index contributed by atoms with van der Waals surface area (Å²) in [6.45, 7) is 14.2. The van der Waals surface area contributed by atoms with Gasteiger partial charge in [-0.2, -0.15) is 0 Å². The van der Waals surface area contributed by atoms with Gasteiger partial charge in [-0.15, -0.1) is 0 Å². The van der Waals surface area contributed by atoms with Gasteiger partial charge in [-0.3, -0.25) is 0 Å². The fraction of sp³-hybridized carbons (Fsp3) is 1.00. The molecule has 0 radical (unpaired) electrons. The quantitative estimate of drug-likeness (QED) is 0.423. The van der Waals surface area contributed by atoms with E-state index in [4.69, 9.17) is 0 Å². The van der Waals surface area contributed by atoms with Crippen molar-refractivity contribution in [2.75, 3.05) is 26.2 Å². The summed E-state index contributed by atoms with van der Waals surface area (Å²) >= 11 is 0. The molecule has 0 aliphatic heterocycles. The molecule has 0 N–H and O–H groups in total. The predicted molar refractivity (Wildman–Crippen MR) is 42.4 cm³/mol. The van der Waals surface area contributed by atoms with Crippen LogP contribution in [-0.4, -0.2) is 30.7 Å². The molecule has 0 unspecified atom stereocenters. The Labute approximate surface area is 88.0 Å². The Balaban J connectivity index is -0.000000320. The standard InChI is InChI=1S/C8H20N.ClH.Cu/c1-5-9(6-2,7-3)8-4;;/h5-8H2,1-4H3;1H;/q+1;;+1/p-1. The fourth-order valence-electron chi connectivity index (χ4n) is 1.34. The normalized spacial score (nSPS) is 9.82. The molecule has 0 atom stereocenters. The molecule has 0 saturated carbocycles. The van der Waals surface area contributed by atoms with Gasteiger partial charge in [0.2, 0.25) is 0 Å². The minimum Gasteiger partial charge on any atom is -1.00 e. The van der Waals surface area contributed by atoms with Gasteiger partial charge in [0.15, 0.2) is 0 Å². The molecular weight excluding hydrogens is 209 g/mol. The fourth-order valence-corrected chi connectivity index (χ4v) is 1.34. The van der Waals surface area contributed by atoms with Crippen molar-refractivity contribution in [3.05, 3.63) is 0 Å². The van der Waals surface area contributed by atoms with Crippen LogP contribution in [0.25, 0.3) is 0 Å². The van der Waals surface area contributed by atoms with E-state index in [0.29, 0.717) is 0 Å². The Morgan fingerprint density at radius 1 is 0.727 bits per heavy atom. The summed E-state index contributed by atoms with van der Waals surface area (Å²) in [6, 6.07) is 0. The van der Waals surface area contributed by atoms with Crippen LogP contribution in [0.5, 0.6) is 0 Å². The van der Waals surface area contributed by atoms with Crippen LogP contribution in [-0.2, 0) is 17.1 Å². The molecule has 1 nitrogen and oxygen atoms in total. The number of nitrogens with zero attached hydrogens (tertiary/aromatic N) is 1. The van der Waals surface area contributed by atoms with E-state index in [0.717, 1.165) is 0 Å². The van der Waals surface area contributed by atoms with E-state index in [1.165, 1.54) is 30.7 Å². The van der Waals surface area contributed by atoms with Crippen LogP contribution < -0.4 is 12.4 Å². The van der Waals surface area contributed by atoms with Crippen LogP contribution in [0.4, 0.5) is 0 Å². The van der Waals surface area contributed by atoms with Crippen molar-refractivity contribution in [2.45, 2.75) is 27.7 Å². The maximum Gasteiger partial charge on any atom is 1.00 e. The van der Waals surface area contributed by atoms with Crippen LogP contribution in [0, 0.1) is 0 Å². The number of rotatable bonds is 4. The second-order valence-electron chi connectivity index (χ2n) is 2.61. The average Bonchev–Trinajstić information content (AvgIpc) is 1.95. The molecule has 0 bridgehead atoms. The van der Waals surface area contributed by atoms with E-state index < -0.39 is 0 Å². The summed E-state index contributed by atoms with van der Waals surface area (Å²) < 4.78 is 1.28. The van der Waals surface area contributed by atoms with E-state index in [1.807, 2.05) is 0 Å². The third kappa shape index (κ3) is 5.08. The molecule has 0 fully saturated rings. The van der Waals surface area contributed by atoms with Crippen LogP contribution in [0.1, 0.15) is 27.7 Å². The first-order valence-electron chi connectivity index (χ1n) is 4.09. The van der Waals surface area contributed by atoms with Gasteiger partial charge in [-0.1, -0.05) is 0 Å². The number of halogens is 1. The first kappa shape index (κ1) is 17.8. The molecule has 0 aromatic heterocycles. The largest absolute Gasteiger partial charge is 1.00 e. The summed E-state index contributed by atoms with van der Waals surface area (Å²) in [6.07, 6.45) is 0. The second kappa shape index (κ2) is 8.86. The third-order valence-corrected chi connectivity index (χ3v) is 2.68. The summed E-state index contributed by atoms with van der Waals surface area (Å²) in [5, 5.41) is 0. The van der Waals surface area contributed by atoms with Gasteiger partial charge in [0, 0.05) is 0 Å². The predicted octanol–water partition coefficient (Wildman–Crippen LogP) is -1.12. The molecule has 0 aromatic carbocycles. The van der Waals surface area contributed by atoms with Crippen LogP contribution in [0.2, 0.25) is 0 Å². The van der Waals surface area contributed by atoms with E-state index in [9.17, 15) is 0 Å². The van der Waals surface area contributed by atoms with Gasteiger partial charge in [-0.05, 0) is 27.7 Å². The molecular formula is C8H20ClCuN+. The smallest absolute Gasteiger partial charge is 1.00 e. The Bertz CT molecular complexity index is 57.0. The maximum atomic E-state index is 2.27. The molecule has 0 aliphatic rings. The zero-order chi connectivity index (χ0) is 7.33. The molecule has 11 heavy (non-hydrogen) atoms. The summed E-state index contributed by atoms with van der Waals surface area (Å²) in [5.41, 5.74) is 0. The van der Waals surface area contributed by atoms with Crippen molar-refractivity contribution >= 4 is 0 Å². The first-order valence-corrected chi connectivity index (χ1v) is 4.09. The summed E-state index contributed by atoms with van der Waals surface area (Å²) in [4.78, 5) is 0. The maximum absolute atomic E-state index is 2.27. The van der Waals surface area contributed by atoms with Crippen molar-refractivity contribution in [3.63, 3.8) is 0 Å². The van der Waals surface area contributed by atoms with Gasteiger partial charge in [0.25, 0.3) is 0 Å². The SMILES string of the molecule is CC[N+](CC)(CC)CC.[Cl-].[Cu+]. The molecule has 0 spiro atoms. The molecule has 3 heteroatoms. The van der Waals surface area contributed by atoms with Gasteiger partial charge < -0.3 is 16.9 Å². The van der Waals surface area contributed by atoms with Gasteiger partial charge in [0.05, 0.1) is 26.2 Å². The zero-order valence-corrected chi connectivity index (χ0v) is 9.65. The summed E-state index contributed by atoms with van der Waals surface area (Å²) in [5.74, 6) is 0. The van der Waals surface area contributed by atoms with Crippen molar-refractivity contribution in [1.82, 2.24) is 0 Å². The van der Waals surface area contributed by atoms with Crippen molar-refractivity contribution in [1.29, 1.82) is 0 Å². The topological polar surface area (TPSA) is 0 Å².